The van der Waals surface area contributed by atoms with Crippen molar-refractivity contribution in [2.45, 2.75) is 57.1 Å². The van der Waals surface area contributed by atoms with Crippen LogP contribution >= 0.6 is 0 Å². The molecule has 1 aromatic carbocycles. The maximum Gasteiger partial charge on any atom is 0.122 e. The van der Waals surface area contributed by atoms with E-state index in [1.165, 1.54) is 6.42 Å². The van der Waals surface area contributed by atoms with Crippen LogP contribution in [0.15, 0.2) is 24.3 Å². The standard InChI is InChI=1S/C17H27NO2/c1-3-12-18-15-8-10-17(19,11-9-15)13-14-6-4-5-7-16(14)20-2/h4-7,15,18-19H,3,8-13H2,1-2H3. The van der Waals surface area contributed by atoms with Gasteiger partial charge in [-0.25, -0.2) is 0 Å². The second-order valence-corrected chi connectivity index (χ2v) is 5.94. The van der Waals surface area contributed by atoms with Crippen molar-refractivity contribution in [3.63, 3.8) is 0 Å². The first-order chi connectivity index (χ1) is 9.67. The summed E-state index contributed by atoms with van der Waals surface area (Å²) in [4.78, 5) is 0. The van der Waals surface area contributed by atoms with Gasteiger partial charge in [0.05, 0.1) is 12.7 Å². The van der Waals surface area contributed by atoms with Gasteiger partial charge < -0.3 is 15.2 Å². The van der Waals surface area contributed by atoms with E-state index in [1.54, 1.807) is 7.11 Å². The molecule has 1 saturated carbocycles. The Kier molecular flexibility index (Phi) is 5.44. The third kappa shape index (κ3) is 3.97. The predicted octanol–water partition coefficient (Wildman–Crippen LogP) is 2.91. The summed E-state index contributed by atoms with van der Waals surface area (Å²) in [5, 5.41) is 14.4. The molecule has 0 bridgehead atoms. The molecule has 112 valence electrons. The second-order valence-electron chi connectivity index (χ2n) is 5.94. The SMILES string of the molecule is CCCNC1CCC(O)(Cc2ccccc2OC)CC1. The van der Waals surface area contributed by atoms with Crippen LogP contribution in [0.1, 0.15) is 44.6 Å². The summed E-state index contributed by atoms with van der Waals surface area (Å²) in [6.45, 7) is 3.27. The molecule has 1 aliphatic carbocycles. The molecule has 2 N–H and O–H groups in total. The van der Waals surface area contributed by atoms with Gasteiger partial charge in [-0.2, -0.15) is 0 Å². The van der Waals surface area contributed by atoms with Crippen molar-refractivity contribution in [3.8, 4) is 5.75 Å². The van der Waals surface area contributed by atoms with E-state index in [0.717, 1.165) is 43.5 Å². The molecule has 0 amide bonds. The summed E-state index contributed by atoms with van der Waals surface area (Å²) in [6.07, 6.45) is 5.72. The molecule has 0 saturated heterocycles. The van der Waals surface area contributed by atoms with Crippen LogP contribution in [-0.2, 0) is 6.42 Å². The maximum absolute atomic E-state index is 10.8. The number of para-hydroxylation sites is 1. The number of ether oxygens (including phenoxy) is 1. The van der Waals surface area contributed by atoms with Gasteiger partial charge in [0, 0.05) is 12.5 Å². The number of benzene rings is 1. The Morgan fingerprint density at radius 1 is 1.30 bits per heavy atom. The van der Waals surface area contributed by atoms with Gasteiger partial charge in [0.2, 0.25) is 0 Å². The van der Waals surface area contributed by atoms with E-state index in [1.807, 2.05) is 18.2 Å². The molecule has 0 aromatic heterocycles. The lowest BCUT2D eigenvalue weighted by atomic mass is 9.78. The Morgan fingerprint density at radius 2 is 2.00 bits per heavy atom. The maximum atomic E-state index is 10.8. The number of nitrogens with one attached hydrogen (secondary N) is 1. The fourth-order valence-corrected chi connectivity index (χ4v) is 3.09. The fraction of sp³-hybridized carbons (Fsp3) is 0.647. The van der Waals surface area contributed by atoms with Crippen LogP contribution in [0.2, 0.25) is 0 Å². The number of methoxy groups -OCH3 is 1. The zero-order chi connectivity index (χ0) is 14.4. The Balaban J connectivity index is 1.93. The van der Waals surface area contributed by atoms with Gasteiger partial charge in [-0.05, 0) is 50.3 Å². The third-order valence-corrected chi connectivity index (χ3v) is 4.31. The predicted molar refractivity (Wildman–Crippen MR) is 82.2 cm³/mol. The normalized spacial score (nSPS) is 26.4. The molecule has 2 rings (SSSR count). The molecule has 20 heavy (non-hydrogen) atoms. The highest BCUT2D eigenvalue weighted by Crippen LogP contribution is 2.33. The van der Waals surface area contributed by atoms with Gasteiger partial charge in [-0.15, -0.1) is 0 Å². The monoisotopic (exact) mass is 277 g/mol. The average molecular weight is 277 g/mol. The lowest BCUT2D eigenvalue weighted by Gasteiger charge is -2.36. The van der Waals surface area contributed by atoms with Crippen LogP contribution in [0.25, 0.3) is 0 Å². The van der Waals surface area contributed by atoms with Crippen molar-refractivity contribution in [1.29, 1.82) is 0 Å². The number of hydrogen-bond donors (Lipinski definition) is 2. The lowest BCUT2D eigenvalue weighted by Crippen LogP contribution is -2.42. The molecule has 0 spiro atoms. The largest absolute Gasteiger partial charge is 0.496 e. The first-order valence-electron chi connectivity index (χ1n) is 7.74. The highest BCUT2D eigenvalue weighted by Gasteiger charge is 2.33. The molecule has 0 aliphatic heterocycles. The number of hydrogen-bond acceptors (Lipinski definition) is 3. The minimum atomic E-state index is -0.570. The van der Waals surface area contributed by atoms with E-state index in [-0.39, 0.29) is 0 Å². The minimum absolute atomic E-state index is 0.570. The van der Waals surface area contributed by atoms with Crippen LogP contribution in [0.4, 0.5) is 0 Å². The van der Waals surface area contributed by atoms with Crippen molar-refractivity contribution in [1.82, 2.24) is 5.32 Å². The number of rotatable bonds is 6. The lowest BCUT2D eigenvalue weighted by molar-refractivity contribution is -0.00347. The molecule has 0 heterocycles. The zero-order valence-corrected chi connectivity index (χ0v) is 12.7. The summed E-state index contributed by atoms with van der Waals surface area (Å²) in [7, 11) is 1.69. The minimum Gasteiger partial charge on any atom is -0.496 e. The molecule has 1 aromatic rings. The van der Waals surface area contributed by atoms with Gasteiger partial charge in [-0.3, -0.25) is 0 Å². The quantitative estimate of drug-likeness (QED) is 0.840. The Morgan fingerprint density at radius 3 is 2.65 bits per heavy atom. The second kappa shape index (κ2) is 7.09. The molecule has 3 nitrogen and oxygen atoms in total. The summed E-state index contributed by atoms with van der Waals surface area (Å²) >= 11 is 0. The molecule has 1 aliphatic rings. The van der Waals surface area contributed by atoms with Crippen LogP contribution in [0.5, 0.6) is 5.75 Å². The van der Waals surface area contributed by atoms with E-state index >= 15 is 0 Å². The van der Waals surface area contributed by atoms with Crippen molar-refractivity contribution < 1.29 is 9.84 Å². The van der Waals surface area contributed by atoms with Crippen molar-refractivity contribution in [2.75, 3.05) is 13.7 Å². The van der Waals surface area contributed by atoms with Gasteiger partial charge in [0.25, 0.3) is 0 Å². The highest BCUT2D eigenvalue weighted by atomic mass is 16.5. The molecular weight excluding hydrogens is 250 g/mol. The van der Waals surface area contributed by atoms with Gasteiger partial charge >= 0.3 is 0 Å². The van der Waals surface area contributed by atoms with Gasteiger partial charge in [0.1, 0.15) is 5.75 Å². The third-order valence-electron chi connectivity index (χ3n) is 4.31. The van der Waals surface area contributed by atoms with Crippen LogP contribution in [0, 0.1) is 0 Å². The van der Waals surface area contributed by atoms with Crippen LogP contribution in [0.3, 0.4) is 0 Å². The van der Waals surface area contributed by atoms with Gasteiger partial charge in [-0.1, -0.05) is 25.1 Å². The van der Waals surface area contributed by atoms with E-state index in [9.17, 15) is 5.11 Å². The van der Waals surface area contributed by atoms with E-state index in [2.05, 4.69) is 18.3 Å². The Bertz CT molecular complexity index is 411. The summed E-state index contributed by atoms with van der Waals surface area (Å²) in [6, 6.07) is 8.58. The van der Waals surface area contributed by atoms with Crippen molar-refractivity contribution in [2.24, 2.45) is 0 Å². The van der Waals surface area contributed by atoms with E-state index in [4.69, 9.17) is 4.74 Å². The van der Waals surface area contributed by atoms with Crippen molar-refractivity contribution in [3.05, 3.63) is 29.8 Å². The van der Waals surface area contributed by atoms with E-state index < -0.39 is 5.60 Å². The zero-order valence-electron chi connectivity index (χ0n) is 12.7. The molecular formula is C17H27NO2. The number of aliphatic hydroxyl groups is 1. The summed E-state index contributed by atoms with van der Waals surface area (Å²) in [5.74, 6) is 0.882. The summed E-state index contributed by atoms with van der Waals surface area (Å²) in [5.41, 5.74) is 0.538. The van der Waals surface area contributed by atoms with Gasteiger partial charge in [0.15, 0.2) is 0 Å². The first-order valence-corrected chi connectivity index (χ1v) is 7.74. The Labute approximate surface area is 122 Å². The van der Waals surface area contributed by atoms with E-state index in [0.29, 0.717) is 12.5 Å². The molecule has 0 unspecified atom stereocenters. The summed E-state index contributed by atoms with van der Waals surface area (Å²) < 4.78 is 5.38. The average Bonchev–Trinajstić information content (AvgIpc) is 2.47. The van der Waals surface area contributed by atoms with Crippen LogP contribution in [-0.4, -0.2) is 30.4 Å². The molecule has 3 heteroatoms. The van der Waals surface area contributed by atoms with Crippen molar-refractivity contribution >= 4 is 0 Å². The Hall–Kier alpha value is -1.06. The highest BCUT2D eigenvalue weighted by molar-refractivity contribution is 5.34. The smallest absolute Gasteiger partial charge is 0.122 e. The topological polar surface area (TPSA) is 41.5 Å². The molecule has 0 atom stereocenters. The fourth-order valence-electron chi connectivity index (χ4n) is 3.09. The molecule has 0 radical (unpaired) electrons. The van der Waals surface area contributed by atoms with Crippen LogP contribution < -0.4 is 10.1 Å². The molecule has 1 fully saturated rings. The first kappa shape index (κ1) is 15.3.